The molecule has 4 heteroatoms. The second-order valence-electron chi connectivity index (χ2n) is 4.07. The fourth-order valence-corrected chi connectivity index (χ4v) is 2.33. The summed E-state index contributed by atoms with van der Waals surface area (Å²) >= 11 is 3.40. The Balaban J connectivity index is 2.28. The van der Waals surface area contributed by atoms with E-state index in [-0.39, 0.29) is 11.9 Å². The fourth-order valence-electron chi connectivity index (χ4n) is 1.96. The molecule has 1 aliphatic heterocycles. The molecule has 0 saturated carbocycles. The van der Waals surface area contributed by atoms with Crippen LogP contribution in [0.15, 0.2) is 22.7 Å². The third-order valence-corrected chi connectivity index (χ3v) is 3.18. The Morgan fingerprint density at radius 2 is 2.25 bits per heavy atom. The van der Waals surface area contributed by atoms with Gasteiger partial charge in [-0.25, -0.2) is 0 Å². The predicted molar refractivity (Wildman–Crippen MR) is 69.7 cm³/mol. The van der Waals surface area contributed by atoms with Crippen molar-refractivity contribution in [3.8, 4) is 0 Å². The molecule has 2 rings (SSSR count). The van der Waals surface area contributed by atoms with Crippen molar-refractivity contribution in [3.63, 3.8) is 0 Å². The molecule has 1 aliphatic rings. The average molecular weight is 283 g/mol. The summed E-state index contributed by atoms with van der Waals surface area (Å²) in [7, 11) is 0. The third-order valence-electron chi connectivity index (χ3n) is 2.68. The first-order chi connectivity index (χ1) is 7.69. The van der Waals surface area contributed by atoms with E-state index in [1.54, 1.807) is 0 Å². The normalized spacial score (nSPS) is 19.4. The Labute approximate surface area is 104 Å². The third kappa shape index (κ3) is 2.55. The molecular weight excluding hydrogens is 268 g/mol. The van der Waals surface area contributed by atoms with Gasteiger partial charge in [-0.3, -0.25) is 4.79 Å². The van der Waals surface area contributed by atoms with E-state index in [0.717, 1.165) is 28.7 Å². The molecule has 0 fully saturated rings. The molecule has 0 radical (unpaired) electrons. The van der Waals surface area contributed by atoms with E-state index in [9.17, 15) is 4.79 Å². The van der Waals surface area contributed by atoms with Crippen LogP contribution in [-0.4, -0.2) is 11.9 Å². The molecule has 0 saturated heterocycles. The van der Waals surface area contributed by atoms with Crippen LogP contribution in [0, 0.1) is 0 Å². The van der Waals surface area contributed by atoms with Gasteiger partial charge in [0.15, 0.2) is 0 Å². The van der Waals surface area contributed by atoms with Crippen molar-refractivity contribution in [2.45, 2.75) is 32.2 Å². The Kier molecular flexibility index (Phi) is 3.49. The summed E-state index contributed by atoms with van der Waals surface area (Å²) in [5.41, 5.74) is 1.87. The fraction of sp³-hybridized carbons (Fsp3) is 0.417. The van der Waals surface area contributed by atoms with Crippen LogP contribution in [0.1, 0.15) is 26.2 Å². The van der Waals surface area contributed by atoms with Gasteiger partial charge in [-0.05, 0) is 24.6 Å². The van der Waals surface area contributed by atoms with Gasteiger partial charge in [0.1, 0.15) is 0 Å². The van der Waals surface area contributed by atoms with Crippen LogP contribution in [0.5, 0.6) is 0 Å². The van der Waals surface area contributed by atoms with Crippen molar-refractivity contribution in [2.75, 3.05) is 10.6 Å². The highest BCUT2D eigenvalue weighted by atomic mass is 79.9. The summed E-state index contributed by atoms with van der Waals surface area (Å²) in [6.45, 7) is 2.13. The Morgan fingerprint density at radius 1 is 1.44 bits per heavy atom. The number of halogens is 1. The molecule has 86 valence electrons. The number of carbonyl (C=O) groups excluding carboxylic acids is 1. The maximum atomic E-state index is 11.7. The largest absolute Gasteiger partial charge is 0.380 e. The number of carbonyl (C=O) groups is 1. The molecule has 1 aromatic rings. The van der Waals surface area contributed by atoms with Gasteiger partial charge in [0.05, 0.1) is 11.4 Å². The molecule has 16 heavy (non-hydrogen) atoms. The smallest absolute Gasteiger partial charge is 0.226 e. The molecule has 1 amide bonds. The molecule has 1 atom stereocenters. The number of benzene rings is 1. The first kappa shape index (κ1) is 11.5. The lowest BCUT2D eigenvalue weighted by Crippen LogP contribution is -2.22. The SMILES string of the molecule is CCCC1CC(=O)Nc2cc(Br)ccc2N1. The number of hydrogen-bond acceptors (Lipinski definition) is 2. The molecular formula is C12H15BrN2O. The monoisotopic (exact) mass is 282 g/mol. The number of fused-ring (bicyclic) bond motifs is 1. The zero-order chi connectivity index (χ0) is 11.5. The van der Waals surface area contributed by atoms with Crippen LogP contribution in [0.3, 0.4) is 0 Å². The molecule has 0 spiro atoms. The molecule has 1 aromatic carbocycles. The number of hydrogen-bond donors (Lipinski definition) is 2. The van der Waals surface area contributed by atoms with Gasteiger partial charge in [0.2, 0.25) is 5.91 Å². The van der Waals surface area contributed by atoms with Crippen LogP contribution in [0.4, 0.5) is 11.4 Å². The summed E-state index contributed by atoms with van der Waals surface area (Å²) < 4.78 is 0.974. The maximum Gasteiger partial charge on any atom is 0.226 e. The Morgan fingerprint density at radius 3 is 3.00 bits per heavy atom. The van der Waals surface area contributed by atoms with Crippen LogP contribution in [0.2, 0.25) is 0 Å². The van der Waals surface area contributed by atoms with E-state index >= 15 is 0 Å². The Bertz CT molecular complexity index is 406. The first-order valence-electron chi connectivity index (χ1n) is 5.55. The Hall–Kier alpha value is -1.03. The van der Waals surface area contributed by atoms with Crippen LogP contribution in [0.25, 0.3) is 0 Å². The predicted octanol–water partition coefficient (Wildman–Crippen LogP) is 3.37. The van der Waals surface area contributed by atoms with E-state index in [0.29, 0.717) is 6.42 Å². The molecule has 0 aromatic heterocycles. The standard InChI is InChI=1S/C12H15BrN2O/c1-2-3-9-7-12(16)15-11-6-8(13)4-5-10(11)14-9/h4-6,9,14H,2-3,7H2,1H3,(H,15,16). The number of amides is 1. The summed E-state index contributed by atoms with van der Waals surface area (Å²) in [5, 5.41) is 6.33. The second kappa shape index (κ2) is 4.87. The van der Waals surface area contributed by atoms with Crippen LogP contribution >= 0.6 is 15.9 Å². The summed E-state index contributed by atoms with van der Waals surface area (Å²) in [6, 6.07) is 6.14. The summed E-state index contributed by atoms with van der Waals surface area (Å²) in [6.07, 6.45) is 2.64. The van der Waals surface area contributed by atoms with Crippen molar-refractivity contribution in [3.05, 3.63) is 22.7 Å². The average Bonchev–Trinajstić information content (AvgIpc) is 2.36. The molecule has 0 aliphatic carbocycles. The van der Waals surface area contributed by atoms with Gasteiger partial charge < -0.3 is 10.6 Å². The van der Waals surface area contributed by atoms with E-state index in [2.05, 4.69) is 33.5 Å². The van der Waals surface area contributed by atoms with E-state index in [1.165, 1.54) is 0 Å². The maximum absolute atomic E-state index is 11.7. The minimum Gasteiger partial charge on any atom is -0.380 e. The van der Waals surface area contributed by atoms with Gasteiger partial charge in [-0.1, -0.05) is 29.3 Å². The van der Waals surface area contributed by atoms with Crippen molar-refractivity contribution < 1.29 is 4.79 Å². The molecule has 2 N–H and O–H groups in total. The minimum absolute atomic E-state index is 0.0859. The van der Waals surface area contributed by atoms with Gasteiger partial charge in [0.25, 0.3) is 0 Å². The number of rotatable bonds is 2. The highest BCUT2D eigenvalue weighted by Gasteiger charge is 2.19. The van der Waals surface area contributed by atoms with Crippen LogP contribution < -0.4 is 10.6 Å². The van der Waals surface area contributed by atoms with Crippen molar-refractivity contribution in [1.82, 2.24) is 0 Å². The molecule has 3 nitrogen and oxygen atoms in total. The van der Waals surface area contributed by atoms with E-state index in [1.807, 2.05) is 18.2 Å². The molecule has 1 unspecified atom stereocenters. The van der Waals surface area contributed by atoms with E-state index < -0.39 is 0 Å². The van der Waals surface area contributed by atoms with Crippen molar-refractivity contribution in [2.24, 2.45) is 0 Å². The zero-order valence-electron chi connectivity index (χ0n) is 9.22. The first-order valence-corrected chi connectivity index (χ1v) is 6.34. The van der Waals surface area contributed by atoms with Crippen molar-refractivity contribution >= 4 is 33.2 Å². The highest BCUT2D eigenvalue weighted by molar-refractivity contribution is 9.10. The number of anilines is 2. The lowest BCUT2D eigenvalue weighted by Gasteiger charge is -2.15. The summed E-state index contributed by atoms with van der Waals surface area (Å²) in [4.78, 5) is 11.7. The molecule has 0 bridgehead atoms. The van der Waals surface area contributed by atoms with Crippen molar-refractivity contribution in [1.29, 1.82) is 0 Å². The summed E-state index contributed by atoms with van der Waals surface area (Å²) in [5.74, 6) is 0.0859. The highest BCUT2D eigenvalue weighted by Crippen LogP contribution is 2.29. The topological polar surface area (TPSA) is 41.1 Å². The zero-order valence-corrected chi connectivity index (χ0v) is 10.8. The lowest BCUT2D eigenvalue weighted by molar-refractivity contribution is -0.116. The molecule has 1 heterocycles. The van der Waals surface area contributed by atoms with E-state index in [4.69, 9.17) is 0 Å². The second-order valence-corrected chi connectivity index (χ2v) is 4.99. The van der Waals surface area contributed by atoms with Gasteiger partial charge in [0, 0.05) is 16.9 Å². The lowest BCUT2D eigenvalue weighted by atomic mass is 10.1. The van der Waals surface area contributed by atoms with Gasteiger partial charge in [-0.2, -0.15) is 0 Å². The number of nitrogens with one attached hydrogen (secondary N) is 2. The van der Waals surface area contributed by atoms with Gasteiger partial charge >= 0.3 is 0 Å². The quantitative estimate of drug-likeness (QED) is 0.873. The van der Waals surface area contributed by atoms with Crippen LogP contribution in [-0.2, 0) is 4.79 Å². The minimum atomic E-state index is 0.0859. The van der Waals surface area contributed by atoms with Gasteiger partial charge in [-0.15, -0.1) is 0 Å².